The molecule has 1 amide bonds. The summed E-state index contributed by atoms with van der Waals surface area (Å²) in [4.78, 5) is 19.8. The van der Waals surface area contributed by atoms with Gasteiger partial charge in [0.1, 0.15) is 11.5 Å². The average molecular weight is 556 g/mol. The molecule has 2 atom stereocenters. The highest BCUT2D eigenvalue weighted by molar-refractivity contribution is 7.80. The maximum atomic E-state index is 13.0. The van der Waals surface area contributed by atoms with Crippen molar-refractivity contribution in [2.75, 3.05) is 26.1 Å². The standard InChI is InChI=1S/C31H33N5O3S/c1-20-18-24(21(2)36(20)22-10-9-11-23(19-22)38-3)30-29(26-13-7-8-16-32-26)34-31(40)35(30)17-15-28(37)33-25-12-5-6-14-27(25)39-4/h5-14,16,18-19,29-30H,15,17H2,1-4H3,(H,33,37)(H,34,40)/t29-,30+/m1/s1. The summed E-state index contributed by atoms with van der Waals surface area (Å²) in [7, 11) is 3.26. The molecule has 0 saturated carbocycles. The van der Waals surface area contributed by atoms with Gasteiger partial charge in [0, 0.05) is 42.3 Å². The SMILES string of the molecule is COc1cccc(-n2c(C)cc([C@H]3[C@@H](c4ccccn4)NC(=S)N3CCC(=O)Nc3ccccc3OC)c2C)c1. The number of anilines is 1. The minimum absolute atomic E-state index is 0.116. The molecule has 9 heteroatoms. The van der Waals surface area contributed by atoms with Crippen LogP contribution in [0.25, 0.3) is 5.69 Å². The smallest absolute Gasteiger partial charge is 0.226 e. The first-order valence-corrected chi connectivity index (χ1v) is 13.6. The van der Waals surface area contributed by atoms with E-state index in [1.54, 1.807) is 20.4 Å². The molecule has 0 bridgehead atoms. The number of ether oxygens (including phenoxy) is 2. The lowest BCUT2D eigenvalue weighted by Crippen LogP contribution is -2.33. The van der Waals surface area contributed by atoms with Crippen molar-refractivity contribution in [1.82, 2.24) is 19.8 Å². The summed E-state index contributed by atoms with van der Waals surface area (Å²) in [6.07, 6.45) is 2.04. The molecule has 2 N–H and O–H groups in total. The van der Waals surface area contributed by atoms with Gasteiger partial charge in [-0.25, -0.2) is 0 Å². The van der Waals surface area contributed by atoms with E-state index in [4.69, 9.17) is 21.7 Å². The van der Waals surface area contributed by atoms with Crippen LogP contribution in [0.2, 0.25) is 0 Å². The molecule has 3 heterocycles. The Hall–Kier alpha value is -4.37. The molecule has 206 valence electrons. The third kappa shape index (κ3) is 5.37. The van der Waals surface area contributed by atoms with Crippen molar-refractivity contribution in [3.05, 3.63) is 102 Å². The summed E-state index contributed by atoms with van der Waals surface area (Å²) in [5.74, 6) is 1.30. The van der Waals surface area contributed by atoms with Gasteiger partial charge in [0.15, 0.2) is 5.11 Å². The summed E-state index contributed by atoms with van der Waals surface area (Å²) >= 11 is 5.84. The van der Waals surface area contributed by atoms with Gasteiger partial charge in [-0.05, 0) is 74.1 Å². The van der Waals surface area contributed by atoms with E-state index in [0.717, 1.165) is 34.1 Å². The Kier molecular flexibility index (Phi) is 8.02. The number of rotatable bonds is 9. The van der Waals surface area contributed by atoms with Gasteiger partial charge in [0.25, 0.3) is 0 Å². The normalized spacial score (nSPS) is 16.5. The van der Waals surface area contributed by atoms with E-state index in [9.17, 15) is 4.79 Å². The third-order valence-electron chi connectivity index (χ3n) is 7.26. The van der Waals surface area contributed by atoms with E-state index in [1.165, 1.54) is 0 Å². The van der Waals surface area contributed by atoms with Crippen molar-refractivity contribution in [2.45, 2.75) is 32.4 Å². The molecule has 0 radical (unpaired) electrons. The number of aryl methyl sites for hydroxylation is 1. The summed E-state index contributed by atoms with van der Waals surface area (Å²) in [6.45, 7) is 4.65. The van der Waals surface area contributed by atoms with Crippen molar-refractivity contribution in [1.29, 1.82) is 0 Å². The molecular weight excluding hydrogens is 522 g/mol. The molecule has 40 heavy (non-hydrogen) atoms. The van der Waals surface area contributed by atoms with E-state index in [0.29, 0.717) is 23.1 Å². The Labute approximate surface area is 239 Å². The van der Waals surface area contributed by atoms with Gasteiger partial charge in [-0.15, -0.1) is 0 Å². The van der Waals surface area contributed by atoms with Gasteiger partial charge in [-0.3, -0.25) is 9.78 Å². The van der Waals surface area contributed by atoms with Gasteiger partial charge in [-0.1, -0.05) is 24.3 Å². The van der Waals surface area contributed by atoms with Crippen molar-refractivity contribution >= 4 is 28.9 Å². The fourth-order valence-corrected chi connectivity index (χ4v) is 5.73. The molecular formula is C31H33N5O3S. The molecule has 2 aromatic carbocycles. The van der Waals surface area contributed by atoms with E-state index >= 15 is 0 Å². The van der Waals surface area contributed by atoms with Crippen LogP contribution in [0.4, 0.5) is 5.69 Å². The number of hydrogen-bond donors (Lipinski definition) is 2. The van der Waals surface area contributed by atoms with Crippen LogP contribution in [0.15, 0.2) is 79.0 Å². The lowest BCUT2D eigenvalue weighted by Gasteiger charge is -2.28. The quantitative estimate of drug-likeness (QED) is 0.264. The number of para-hydroxylation sites is 2. The third-order valence-corrected chi connectivity index (χ3v) is 7.61. The number of nitrogens with zero attached hydrogens (tertiary/aromatic N) is 3. The first-order valence-electron chi connectivity index (χ1n) is 13.2. The lowest BCUT2D eigenvalue weighted by atomic mass is 9.96. The fourth-order valence-electron chi connectivity index (χ4n) is 5.40. The molecule has 1 aliphatic rings. The number of carbonyl (C=O) groups excluding carboxylic acids is 1. The van der Waals surface area contributed by atoms with Crippen molar-refractivity contribution in [3.63, 3.8) is 0 Å². The van der Waals surface area contributed by atoms with Crippen LogP contribution in [-0.2, 0) is 4.79 Å². The Morgan fingerprint density at radius 2 is 1.82 bits per heavy atom. The van der Waals surface area contributed by atoms with E-state index in [1.807, 2.05) is 60.7 Å². The first kappa shape index (κ1) is 27.2. The van der Waals surface area contributed by atoms with E-state index in [-0.39, 0.29) is 24.4 Å². The van der Waals surface area contributed by atoms with Crippen molar-refractivity contribution < 1.29 is 14.3 Å². The Morgan fingerprint density at radius 3 is 2.58 bits per heavy atom. The minimum Gasteiger partial charge on any atom is -0.497 e. The monoisotopic (exact) mass is 555 g/mol. The largest absolute Gasteiger partial charge is 0.497 e. The van der Waals surface area contributed by atoms with E-state index < -0.39 is 0 Å². The zero-order chi connectivity index (χ0) is 28.2. The van der Waals surface area contributed by atoms with Gasteiger partial charge in [-0.2, -0.15) is 0 Å². The highest BCUT2D eigenvalue weighted by Gasteiger charge is 2.41. The number of benzene rings is 2. The summed E-state index contributed by atoms with van der Waals surface area (Å²) in [6, 6.07) is 23.2. The zero-order valence-corrected chi connectivity index (χ0v) is 23.9. The summed E-state index contributed by atoms with van der Waals surface area (Å²) in [5.41, 5.74) is 5.85. The van der Waals surface area contributed by atoms with E-state index in [2.05, 4.69) is 51.1 Å². The van der Waals surface area contributed by atoms with Gasteiger partial charge in [0.05, 0.1) is 37.7 Å². The average Bonchev–Trinajstić information content (AvgIpc) is 3.46. The lowest BCUT2D eigenvalue weighted by molar-refractivity contribution is -0.116. The molecule has 8 nitrogen and oxygen atoms in total. The van der Waals surface area contributed by atoms with Crippen LogP contribution in [0.1, 0.15) is 41.1 Å². The molecule has 2 aromatic heterocycles. The number of hydrogen-bond acceptors (Lipinski definition) is 5. The molecule has 0 unspecified atom stereocenters. The predicted octanol–water partition coefficient (Wildman–Crippen LogP) is 5.51. The fraction of sp³-hybridized carbons (Fsp3) is 0.258. The number of methoxy groups -OCH3 is 2. The number of nitrogens with one attached hydrogen (secondary N) is 2. The highest BCUT2D eigenvalue weighted by atomic mass is 32.1. The maximum absolute atomic E-state index is 13.0. The van der Waals surface area contributed by atoms with Crippen LogP contribution in [0.3, 0.4) is 0 Å². The van der Waals surface area contributed by atoms with Crippen LogP contribution in [-0.4, -0.2) is 46.2 Å². The summed E-state index contributed by atoms with van der Waals surface area (Å²) < 4.78 is 13.1. The summed E-state index contributed by atoms with van der Waals surface area (Å²) in [5, 5.41) is 7.05. The molecule has 1 saturated heterocycles. The van der Waals surface area contributed by atoms with Crippen molar-refractivity contribution in [3.8, 4) is 17.2 Å². The van der Waals surface area contributed by atoms with Crippen molar-refractivity contribution in [2.24, 2.45) is 0 Å². The predicted molar refractivity (Wildman–Crippen MR) is 160 cm³/mol. The molecule has 5 rings (SSSR count). The number of aromatic nitrogens is 2. The second kappa shape index (κ2) is 11.8. The number of pyridine rings is 1. The maximum Gasteiger partial charge on any atom is 0.226 e. The second-order valence-corrected chi connectivity index (χ2v) is 10.1. The van der Waals surface area contributed by atoms with Crippen LogP contribution in [0.5, 0.6) is 11.5 Å². The first-order chi connectivity index (χ1) is 19.4. The molecule has 4 aromatic rings. The number of carbonyl (C=O) groups is 1. The van der Waals surface area contributed by atoms with Gasteiger partial charge >= 0.3 is 0 Å². The van der Waals surface area contributed by atoms with Crippen LogP contribution >= 0.6 is 12.2 Å². The zero-order valence-electron chi connectivity index (χ0n) is 23.0. The Morgan fingerprint density at radius 1 is 1.02 bits per heavy atom. The number of thiocarbonyl (C=S) groups is 1. The second-order valence-electron chi connectivity index (χ2n) is 9.68. The molecule has 1 fully saturated rings. The Balaban J connectivity index is 1.47. The van der Waals surface area contributed by atoms with Crippen LogP contribution < -0.4 is 20.1 Å². The highest BCUT2D eigenvalue weighted by Crippen LogP contribution is 2.41. The molecule has 0 spiro atoms. The minimum atomic E-state index is -0.176. The molecule has 0 aliphatic carbocycles. The van der Waals surface area contributed by atoms with Gasteiger partial charge in [0.2, 0.25) is 5.91 Å². The number of amides is 1. The molecule has 1 aliphatic heterocycles. The van der Waals surface area contributed by atoms with Gasteiger partial charge < -0.3 is 29.6 Å². The Bertz CT molecular complexity index is 1520. The van der Waals surface area contributed by atoms with Crippen LogP contribution in [0, 0.1) is 13.8 Å². The topological polar surface area (TPSA) is 80.7 Å².